The number of hydrogen-bond acceptors (Lipinski definition) is 4. The molecule has 0 aliphatic carbocycles. The Hall–Kier alpha value is -2.38. The summed E-state index contributed by atoms with van der Waals surface area (Å²) >= 11 is 5.92. The van der Waals surface area contributed by atoms with Crippen molar-refractivity contribution in [2.24, 2.45) is 0 Å². The van der Waals surface area contributed by atoms with Crippen molar-refractivity contribution < 1.29 is 18.0 Å². The van der Waals surface area contributed by atoms with Crippen molar-refractivity contribution in [2.45, 2.75) is 4.90 Å². The van der Waals surface area contributed by atoms with E-state index in [9.17, 15) is 18.0 Å². The van der Waals surface area contributed by atoms with Gasteiger partial charge in [-0.15, -0.1) is 0 Å². The number of sulfonamides is 1. The molecule has 0 saturated heterocycles. The highest BCUT2D eigenvalue weighted by Gasteiger charge is 2.28. The number of carbonyl (C=O) groups excluding carboxylic acids is 2. The molecule has 0 aromatic heterocycles. The fourth-order valence-corrected chi connectivity index (χ4v) is 3.41. The summed E-state index contributed by atoms with van der Waals surface area (Å²) in [5.41, 5.74) is 0.416. The average molecular weight is 337 g/mol. The molecule has 2 N–H and O–H groups in total. The predicted molar refractivity (Wildman–Crippen MR) is 80.5 cm³/mol. The molecule has 0 fully saturated rings. The smallest absolute Gasteiger partial charge is 0.261 e. The Labute approximate surface area is 131 Å². The molecule has 1 heterocycles. The minimum absolute atomic E-state index is 0.0343. The van der Waals surface area contributed by atoms with Gasteiger partial charge in [-0.3, -0.25) is 19.6 Å². The van der Waals surface area contributed by atoms with E-state index in [1.807, 2.05) is 0 Å². The van der Waals surface area contributed by atoms with E-state index >= 15 is 0 Å². The number of amides is 2. The molecule has 0 bridgehead atoms. The van der Waals surface area contributed by atoms with Crippen molar-refractivity contribution in [2.75, 3.05) is 4.72 Å². The van der Waals surface area contributed by atoms with Crippen LogP contribution in [0.3, 0.4) is 0 Å². The van der Waals surface area contributed by atoms with Gasteiger partial charge in [0.05, 0.1) is 26.7 Å². The van der Waals surface area contributed by atoms with E-state index in [0.717, 1.165) is 6.07 Å². The quantitative estimate of drug-likeness (QED) is 0.839. The number of imide groups is 1. The van der Waals surface area contributed by atoms with E-state index < -0.39 is 21.8 Å². The molecule has 1 aliphatic rings. The van der Waals surface area contributed by atoms with Crippen LogP contribution in [0.4, 0.5) is 5.69 Å². The topological polar surface area (TPSA) is 92.3 Å². The van der Waals surface area contributed by atoms with E-state index in [0.29, 0.717) is 0 Å². The van der Waals surface area contributed by atoms with Crippen molar-refractivity contribution in [3.05, 3.63) is 58.6 Å². The highest BCUT2D eigenvalue weighted by molar-refractivity contribution is 7.92. The fraction of sp³-hybridized carbons (Fsp3) is 0. The number of benzene rings is 2. The number of fused-ring (bicyclic) bond motifs is 1. The highest BCUT2D eigenvalue weighted by atomic mass is 35.5. The molecule has 112 valence electrons. The summed E-state index contributed by atoms with van der Waals surface area (Å²) in [5, 5.41) is 2.36. The molecule has 0 spiro atoms. The Morgan fingerprint density at radius 3 is 2.36 bits per heavy atom. The van der Waals surface area contributed by atoms with Crippen LogP contribution in [-0.2, 0) is 10.0 Å². The maximum atomic E-state index is 12.4. The van der Waals surface area contributed by atoms with Crippen LogP contribution in [0.5, 0.6) is 0 Å². The van der Waals surface area contributed by atoms with Gasteiger partial charge in [0.15, 0.2) is 0 Å². The molecule has 22 heavy (non-hydrogen) atoms. The molecule has 0 radical (unpaired) electrons. The van der Waals surface area contributed by atoms with Crippen LogP contribution < -0.4 is 10.0 Å². The summed E-state index contributed by atoms with van der Waals surface area (Å²) < 4.78 is 27.1. The first kappa shape index (κ1) is 14.6. The van der Waals surface area contributed by atoms with E-state index in [-0.39, 0.29) is 26.7 Å². The molecule has 0 atom stereocenters. The van der Waals surface area contributed by atoms with Crippen molar-refractivity contribution in [1.29, 1.82) is 0 Å². The lowest BCUT2D eigenvalue weighted by Gasteiger charge is -2.10. The molecule has 8 heteroatoms. The van der Waals surface area contributed by atoms with Crippen LogP contribution in [-0.4, -0.2) is 20.2 Å². The summed E-state index contributed by atoms with van der Waals surface area (Å²) in [5.74, 6) is -1.15. The maximum absolute atomic E-state index is 12.4. The van der Waals surface area contributed by atoms with Crippen molar-refractivity contribution in [3.63, 3.8) is 0 Å². The van der Waals surface area contributed by atoms with E-state index in [4.69, 9.17) is 11.6 Å². The average Bonchev–Trinajstić information content (AvgIpc) is 2.76. The van der Waals surface area contributed by atoms with Gasteiger partial charge in [0.25, 0.3) is 21.8 Å². The Kier molecular flexibility index (Phi) is 3.38. The molecule has 0 unspecified atom stereocenters. The minimum Gasteiger partial charge on any atom is -0.288 e. The zero-order chi connectivity index (χ0) is 15.9. The first-order valence-electron chi connectivity index (χ1n) is 6.15. The van der Waals surface area contributed by atoms with Crippen LogP contribution in [0.15, 0.2) is 47.4 Å². The van der Waals surface area contributed by atoms with Gasteiger partial charge in [0.2, 0.25) is 0 Å². The van der Waals surface area contributed by atoms with Gasteiger partial charge >= 0.3 is 0 Å². The van der Waals surface area contributed by atoms with E-state index in [1.165, 1.54) is 18.2 Å². The van der Waals surface area contributed by atoms with Gasteiger partial charge in [-0.25, -0.2) is 8.42 Å². The molecule has 2 amide bonds. The Balaban J connectivity index is 2.01. The van der Waals surface area contributed by atoms with Crippen LogP contribution >= 0.6 is 11.6 Å². The third-order valence-electron chi connectivity index (χ3n) is 3.14. The molecular formula is C14H9ClN2O4S. The summed E-state index contributed by atoms with van der Waals surface area (Å²) in [6.45, 7) is 0. The number of nitrogens with one attached hydrogen (secondary N) is 2. The lowest BCUT2D eigenvalue weighted by Crippen LogP contribution is -2.19. The Bertz CT molecular complexity index is 909. The second-order valence-corrected chi connectivity index (χ2v) is 6.67. The fourth-order valence-electron chi connectivity index (χ4n) is 2.06. The van der Waals surface area contributed by atoms with Crippen molar-refractivity contribution >= 4 is 39.1 Å². The second-order valence-electron chi connectivity index (χ2n) is 4.58. The number of rotatable bonds is 3. The SMILES string of the molecule is O=C1NC(=O)c2cc(S(=O)(=O)Nc3ccccc3Cl)ccc21. The van der Waals surface area contributed by atoms with Gasteiger partial charge < -0.3 is 0 Å². The van der Waals surface area contributed by atoms with Crippen LogP contribution in [0.1, 0.15) is 20.7 Å². The van der Waals surface area contributed by atoms with E-state index in [1.54, 1.807) is 18.2 Å². The third kappa shape index (κ3) is 2.44. The van der Waals surface area contributed by atoms with Crippen molar-refractivity contribution in [3.8, 4) is 0 Å². The Morgan fingerprint density at radius 2 is 1.64 bits per heavy atom. The monoisotopic (exact) mass is 336 g/mol. The highest BCUT2D eigenvalue weighted by Crippen LogP contribution is 2.25. The van der Waals surface area contributed by atoms with Gasteiger partial charge in [0.1, 0.15) is 0 Å². The first-order valence-corrected chi connectivity index (χ1v) is 8.02. The Morgan fingerprint density at radius 1 is 0.955 bits per heavy atom. The van der Waals surface area contributed by atoms with Gasteiger partial charge in [-0.2, -0.15) is 0 Å². The summed E-state index contributed by atoms with van der Waals surface area (Å²) in [4.78, 5) is 22.9. The van der Waals surface area contributed by atoms with Crippen molar-refractivity contribution in [1.82, 2.24) is 5.32 Å². The first-order chi connectivity index (χ1) is 10.4. The lowest BCUT2D eigenvalue weighted by molar-refractivity contribution is 0.0879. The van der Waals surface area contributed by atoms with Crippen LogP contribution in [0, 0.1) is 0 Å². The number of halogens is 1. The normalized spacial score (nSPS) is 13.7. The molecule has 6 nitrogen and oxygen atoms in total. The van der Waals surface area contributed by atoms with Crippen LogP contribution in [0.2, 0.25) is 5.02 Å². The molecule has 1 aliphatic heterocycles. The maximum Gasteiger partial charge on any atom is 0.261 e. The predicted octanol–water partition coefficient (Wildman–Crippen LogP) is 2.02. The summed E-state index contributed by atoms with van der Waals surface area (Å²) in [6.07, 6.45) is 0. The van der Waals surface area contributed by atoms with Gasteiger partial charge in [-0.1, -0.05) is 23.7 Å². The summed E-state index contributed by atoms with van der Waals surface area (Å²) in [6, 6.07) is 10.1. The molecule has 0 saturated carbocycles. The van der Waals surface area contributed by atoms with Gasteiger partial charge in [-0.05, 0) is 30.3 Å². The number of para-hydroxylation sites is 1. The second kappa shape index (κ2) is 5.11. The van der Waals surface area contributed by atoms with E-state index in [2.05, 4.69) is 10.0 Å². The molecule has 2 aromatic carbocycles. The molecular weight excluding hydrogens is 328 g/mol. The standard InChI is InChI=1S/C14H9ClN2O4S/c15-11-3-1-2-4-12(11)17-22(20,21)8-5-6-9-10(7-8)14(19)16-13(9)18/h1-7,17H,(H,16,18,19). The molecule has 2 aromatic rings. The summed E-state index contributed by atoms with van der Waals surface area (Å²) in [7, 11) is -3.92. The third-order valence-corrected chi connectivity index (χ3v) is 4.83. The zero-order valence-electron chi connectivity index (χ0n) is 11.0. The number of anilines is 1. The van der Waals surface area contributed by atoms with Gasteiger partial charge in [0, 0.05) is 0 Å². The molecule has 3 rings (SSSR count). The lowest BCUT2D eigenvalue weighted by atomic mass is 10.1. The van der Waals surface area contributed by atoms with Crippen LogP contribution in [0.25, 0.3) is 0 Å². The zero-order valence-corrected chi connectivity index (χ0v) is 12.5. The minimum atomic E-state index is -3.92. The number of carbonyl (C=O) groups is 2. The largest absolute Gasteiger partial charge is 0.288 e. The number of hydrogen-bond donors (Lipinski definition) is 2.